The van der Waals surface area contributed by atoms with Crippen LogP contribution in [0.1, 0.15) is 51.1 Å². The van der Waals surface area contributed by atoms with E-state index in [9.17, 15) is 18.0 Å². The van der Waals surface area contributed by atoms with E-state index in [4.69, 9.17) is 4.98 Å². The number of halogens is 3. The number of anilines is 3. The lowest BCUT2D eigenvalue weighted by Crippen LogP contribution is -2.58. The quantitative estimate of drug-likeness (QED) is 0.491. The fourth-order valence-corrected chi connectivity index (χ4v) is 5.82. The van der Waals surface area contributed by atoms with Crippen LogP contribution in [0.15, 0.2) is 41.3 Å². The van der Waals surface area contributed by atoms with Crippen LogP contribution in [0.25, 0.3) is 11.0 Å². The lowest BCUT2D eigenvalue weighted by molar-refractivity contribution is -0.156. The molecule has 10 heteroatoms. The van der Waals surface area contributed by atoms with Crippen molar-refractivity contribution in [3.63, 3.8) is 0 Å². The van der Waals surface area contributed by atoms with Crippen molar-refractivity contribution in [2.24, 2.45) is 0 Å². The molecule has 2 fully saturated rings. The maximum Gasteiger partial charge on any atom is 0.401 e. The van der Waals surface area contributed by atoms with E-state index in [1.54, 1.807) is 12.3 Å². The summed E-state index contributed by atoms with van der Waals surface area (Å²) in [7, 11) is 0. The van der Waals surface area contributed by atoms with Crippen LogP contribution in [0.2, 0.25) is 0 Å². The number of alkyl halides is 3. The van der Waals surface area contributed by atoms with Gasteiger partial charge in [0.05, 0.1) is 6.54 Å². The van der Waals surface area contributed by atoms with Gasteiger partial charge in [0.1, 0.15) is 5.65 Å². The van der Waals surface area contributed by atoms with Gasteiger partial charge in [-0.3, -0.25) is 14.3 Å². The number of aromatic nitrogens is 3. The molecule has 2 atom stereocenters. The first-order valence-electron chi connectivity index (χ1n) is 12.9. The van der Waals surface area contributed by atoms with Crippen LogP contribution in [0, 0.1) is 6.92 Å². The van der Waals surface area contributed by atoms with Crippen LogP contribution < -0.4 is 15.8 Å². The van der Waals surface area contributed by atoms with Crippen LogP contribution in [0.4, 0.5) is 30.5 Å². The minimum atomic E-state index is -4.20. The van der Waals surface area contributed by atoms with Crippen LogP contribution in [0.3, 0.4) is 0 Å². The van der Waals surface area contributed by atoms with Gasteiger partial charge in [-0.25, -0.2) is 4.98 Å². The largest absolute Gasteiger partial charge is 0.401 e. The van der Waals surface area contributed by atoms with Gasteiger partial charge in [-0.1, -0.05) is 12.8 Å². The average Bonchev–Trinajstić information content (AvgIpc) is 3.35. The molecule has 1 saturated heterocycles. The highest BCUT2D eigenvalue weighted by Gasteiger charge is 2.38. The third-order valence-corrected chi connectivity index (χ3v) is 7.64. The van der Waals surface area contributed by atoms with E-state index in [1.807, 2.05) is 49.6 Å². The number of hydrogen-bond donors (Lipinski definition) is 1. The predicted molar refractivity (Wildman–Crippen MR) is 140 cm³/mol. The van der Waals surface area contributed by atoms with Crippen LogP contribution in [-0.2, 0) is 0 Å². The number of nitrogens with zero attached hydrogens (tertiary/aromatic N) is 5. The van der Waals surface area contributed by atoms with Crippen LogP contribution in [-0.4, -0.2) is 57.3 Å². The molecule has 1 saturated carbocycles. The van der Waals surface area contributed by atoms with E-state index in [0.717, 1.165) is 48.0 Å². The number of piperazine rings is 1. The SMILES string of the molecule is Cc1cc(=O)n(C2CCCC2)c2nc(Nc3ccc(N4CC(C)N(CC(F)(F)F)C(C)C4)cc3)ncc12. The Kier molecular flexibility index (Phi) is 6.87. The van der Waals surface area contributed by atoms with E-state index in [0.29, 0.717) is 24.7 Å². The Morgan fingerprint density at radius 1 is 1.05 bits per heavy atom. The zero-order valence-corrected chi connectivity index (χ0v) is 21.4. The first-order chi connectivity index (χ1) is 17.6. The van der Waals surface area contributed by atoms with E-state index in [2.05, 4.69) is 15.2 Å². The van der Waals surface area contributed by atoms with Gasteiger partial charge in [0.25, 0.3) is 5.56 Å². The first kappa shape index (κ1) is 25.5. The maximum absolute atomic E-state index is 13.0. The van der Waals surface area contributed by atoms with Gasteiger partial charge in [-0.2, -0.15) is 18.2 Å². The van der Waals surface area contributed by atoms with E-state index < -0.39 is 12.7 Å². The third-order valence-electron chi connectivity index (χ3n) is 7.64. The maximum atomic E-state index is 13.0. The van der Waals surface area contributed by atoms with E-state index in [-0.39, 0.29) is 23.7 Å². The van der Waals surface area contributed by atoms with Gasteiger partial charge < -0.3 is 10.2 Å². The normalized spacial score (nSPS) is 21.6. The molecule has 0 amide bonds. The zero-order chi connectivity index (χ0) is 26.3. The Morgan fingerprint density at radius 3 is 2.32 bits per heavy atom. The fourth-order valence-electron chi connectivity index (χ4n) is 5.82. The van der Waals surface area contributed by atoms with Crippen molar-refractivity contribution < 1.29 is 13.2 Å². The molecule has 2 aromatic heterocycles. The molecule has 198 valence electrons. The van der Waals surface area contributed by atoms with Crippen LogP contribution >= 0.6 is 0 Å². The highest BCUT2D eigenvalue weighted by Crippen LogP contribution is 2.31. The molecular weight excluding hydrogens is 481 g/mol. The second-order valence-electron chi connectivity index (χ2n) is 10.5. The molecule has 1 aliphatic heterocycles. The first-order valence-corrected chi connectivity index (χ1v) is 12.9. The summed E-state index contributed by atoms with van der Waals surface area (Å²) in [6, 6.07) is 9.16. The molecule has 3 heterocycles. The van der Waals surface area contributed by atoms with E-state index in [1.165, 1.54) is 4.90 Å². The molecule has 1 N–H and O–H groups in total. The van der Waals surface area contributed by atoms with Gasteiger partial charge in [-0.05, 0) is 63.4 Å². The number of nitrogens with one attached hydrogen (secondary N) is 1. The summed E-state index contributed by atoms with van der Waals surface area (Å²) in [5.41, 5.74) is 3.25. The zero-order valence-electron chi connectivity index (χ0n) is 21.4. The van der Waals surface area contributed by atoms with Crippen molar-refractivity contribution >= 4 is 28.4 Å². The highest BCUT2D eigenvalue weighted by molar-refractivity contribution is 5.79. The van der Waals surface area contributed by atoms with E-state index >= 15 is 0 Å². The van der Waals surface area contributed by atoms with Gasteiger partial charge in [0, 0.05) is 60.2 Å². The number of pyridine rings is 1. The molecule has 3 aromatic rings. The molecule has 1 aliphatic carbocycles. The summed E-state index contributed by atoms with van der Waals surface area (Å²) >= 11 is 0. The number of fused-ring (bicyclic) bond motifs is 1. The molecule has 5 rings (SSSR count). The van der Waals surface area contributed by atoms with Crippen molar-refractivity contribution in [3.8, 4) is 0 Å². The number of rotatable bonds is 5. The van der Waals surface area contributed by atoms with Crippen molar-refractivity contribution in [3.05, 3.63) is 52.4 Å². The van der Waals surface area contributed by atoms with Gasteiger partial charge in [-0.15, -0.1) is 0 Å². The molecule has 0 radical (unpaired) electrons. The van der Waals surface area contributed by atoms with Gasteiger partial charge >= 0.3 is 6.18 Å². The Labute approximate surface area is 214 Å². The molecule has 37 heavy (non-hydrogen) atoms. The second-order valence-corrected chi connectivity index (χ2v) is 10.5. The number of hydrogen-bond acceptors (Lipinski definition) is 6. The average molecular weight is 515 g/mol. The van der Waals surface area contributed by atoms with Gasteiger partial charge in [0.2, 0.25) is 5.95 Å². The fraction of sp³-hybridized carbons (Fsp3) is 0.519. The number of aryl methyl sites for hydroxylation is 1. The van der Waals surface area contributed by atoms with Crippen molar-refractivity contribution in [2.45, 2.75) is 70.8 Å². The Morgan fingerprint density at radius 2 is 1.70 bits per heavy atom. The van der Waals surface area contributed by atoms with Crippen molar-refractivity contribution in [1.29, 1.82) is 0 Å². The molecular formula is C27H33F3N6O. The summed E-state index contributed by atoms with van der Waals surface area (Å²) in [5, 5.41) is 4.12. The smallest absolute Gasteiger partial charge is 0.368 e. The molecule has 2 unspecified atom stereocenters. The van der Waals surface area contributed by atoms with Crippen LogP contribution in [0.5, 0.6) is 0 Å². The topological polar surface area (TPSA) is 66.3 Å². The minimum Gasteiger partial charge on any atom is -0.368 e. The highest BCUT2D eigenvalue weighted by atomic mass is 19.4. The standard InChI is InChI=1S/C27H33F3N6O/c1-17-12-24(37)36(22-6-4-5-7-22)25-23(17)13-31-26(33-25)32-20-8-10-21(11-9-20)34-14-18(2)35(19(3)15-34)16-27(28,29)30/h8-13,18-19,22H,4-7,14-16H2,1-3H3,(H,31,32,33). The lowest BCUT2D eigenvalue weighted by atomic mass is 10.1. The Balaban J connectivity index is 1.33. The van der Waals surface area contributed by atoms with Crippen molar-refractivity contribution in [1.82, 2.24) is 19.4 Å². The minimum absolute atomic E-state index is 0.0234. The summed E-state index contributed by atoms with van der Waals surface area (Å²) in [4.78, 5) is 25.7. The number of benzene rings is 1. The van der Waals surface area contributed by atoms with Crippen molar-refractivity contribution in [2.75, 3.05) is 29.9 Å². The monoisotopic (exact) mass is 514 g/mol. The summed E-state index contributed by atoms with van der Waals surface area (Å²) < 4.78 is 40.7. The molecule has 0 spiro atoms. The Hall–Kier alpha value is -3.14. The predicted octanol–water partition coefficient (Wildman–Crippen LogP) is 5.42. The lowest BCUT2D eigenvalue weighted by Gasteiger charge is -2.45. The third kappa shape index (κ3) is 5.44. The summed E-state index contributed by atoms with van der Waals surface area (Å²) in [6.45, 7) is 5.76. The summed E-state index contributed by atoms with van der Waals surface area (Å²) in [6.07, 6.45) is 1.76. The molecule has 0 bridgehead atoms. The molecule has 2 aliphatic rings. The Bertz CT molecular complexity index is 1300. The molecule has 1 aromatic carbocycles. The second kappa shape index (κ2) is 9.96. The molecule has 7 nitrogen and oxygen atoms in total. The van der Waals surface area contributed by atoms with Gasteiger partial charge in [0.15, 0.2) is 0 Å². The summed E-state index contributed by atoms with van der Waals surface area (Å²) in [5.74, 6) is 0.417.